The summed E-state index contributed by atoms with van der Waals surface area (Å²) in [6.07, 6.45) is 1.86. The maximum Gasteiger partial charge on any atom is 0.308 e. The van der Waals surface area contributed by atoms with Crippen LogP contribution in [0.3, 0.4) is 0 Å². The van der Waals surface area contributed by atoms with Crippen LogP contribution in [0.1, 0.15) is 18.4 Å². The van der Waals surface area contributed by atoms with Crippen LogP contribution in [0.4, 0.5) is 0 Å². The van der Waals surface area contributed by atoms with E-state index in [1.54, 1.807) is 11.0 Å². The first kappa shape index (κ1) is 16.3. The smallest absolute Gasteiger partial charge is 0.308 e. The third-order valence-electron chi connectivity index (χ3n) is 3.71. The summed E-state index contributed by atoms with van der Waals surface area (Å²) in [4.78, 5) is 24.7. The van der Waals surface area contributed by atoms with Gasteiger partial charge in [-0.25, -0.2) is 0 Å². The van der Waals surface area contributed by atoms with Gasteiger partial charge in [0, 0.05) is 18.1 Å². The van der Waals surface area contributed by atoms with Crippen molar-refractivity contribution in [3.8, 4) is 0 Å². The molecule has 1 aliphatic rings. The van der Waals surface area contributed by atoms with Crippen LogP contribution in [-0.4, -0.2) is 39.8 Å². The van der Waals surface area contributed by atoms with Crippen molar-refractivity contribution in [1.29, 1.82) is 0 Å². The Morgan fingerprint density at radius 2 is 2.14 bits per heavy atom. The molecule has 2 rings (SSSR count). The normalized spacial score (nSPS) is 20.1. The molecule has 1 amide bonds. The molecule has 0 aliphatic carbocycles. The van der Waals surface area contributed by atoms with E-state index in [0.29, 0.717) is 31.0 Å². The Morgan fingerprint density at radius 1 is 1.43 bits per heavy atom. The molecule has 0 spiro atoms. The van der Waals surface area contributed by atoms with Crippen molar-refractivity contribution >= 4 is 39.4 Å². The Labute approximate surface area is 137 Å². The molecule has 2 atom stereocenters. The van der Waals surface area contributed by atoms with E-state index in [4.69, 9.17) is 16.7 Å². The predicted molar refractivity (Wildman–Crippen MR) is 84.8 cm³/mol. The van der Waals surface area contributed by atoms with Crippen LogP contribution < -0.4 is 0 Å². The van der Waals surface area contributed by atoms with Crippen molar-refractivity contribution < 1.29 is 14.7 Å². The number of benzene rings is 1. The van der Waals surface area contributed by atoms with Gasteiger partial charge in [0.2, 0.25) is 5.91 Å². The van der Waals surface area contributed by atoms with Crippen LogP contribution in [0, 0.1) is 5.92 Å². The van der Waals surface area contributed by atoms with Gasteiger partial charge in [-0.05, 0) is 30.9 Å². The van der Waals surface area contributed by atoms with Crippen molar-refractivity contribution in [2.45, 2.75) is 24.1 Å². The maximum absolute atomic E-state index is 12.4. The Balaban J connectivity index is 1.99. The van der Waals surface area contributed by atoms with Gasteiger partial charge in [-0.3, -0.25) is 9.59 Å². The van der Waals surface area contributed by atoms with E-state index in [1.807, 2.05) is 18.2 Å². The number of halogens is 2. The van der Waals surface area contributed by atoms with Crippen molar-refractivity contribution in [3.63, 3.8) is 0 Å². The number of carboxylic acid groups (broad SMARTS) is 1. The maximum atomic E-state index is 12.4. The highest BCUT2D eigenvalue weighted by atomic mass is 79.9. The van der Waals surface area contributed by atoms with Crippen molar-refractivity contribution in [1.82, 2.24) is 4.90 Å². The number of hydrogen-bond acceptors (Lipinski definition) is 2. The number of likely N-dealkylation sites (tertiary alicyclic amines) is 1. The Kier molecular flexibility index (Phi) is 5.65. The Hall–Kier alpha value is -1.07. The quantitative estimate of drug-likeness (QED) is 0.824. The molecule has 1 fully saturated rings. The number of piperidine rings is 1. The van der Waals surface area contributed by atoms with Crippen LogP contribution in [0.25, 0.3) is 0 Å². The highest BCUT2D eigenvalue weighted by molar-refractivity contribution is 9.10. The molecule has 1 saturated heterocycles. The van der Waals surface area contributed by atoms with Crippen molar-refractivity contribution in [2.24, 2.45) is 5.92 Å². The SMILES string of the molecule is O=C(O)C1CCCN(C(=O)C(Br)Cc2ccccc2Cl)C1. The lowest BCUT2D eigenvalue weighted by atomic mass is 9.97. The average Bonchev–Trinajstić information content (AvgIpc) is 2.49. The number of hydrogen-bond donors (Lipinski definition) is 1. The molecule has 1 N–H and O–H groups in total. The van der Waals surface area contributed by atoms with Gasteiger partial charge in [0.15, 0.2) is 0 Å². The molecule has 4 nitrogen and oxygen atoms in total. The van der Waals surface area contributed by atoms with Gasteiger partial charge in [0.1, 0.15) is 0 Å². The van der Waals surface area contributed by atoms with Crippen molar-refractivity contribution in [2.75, 3.05) is 13.1 Å². The molecule has 0 aromatic heterocycles. The second-order valence-corrected chi connectivity index (χ2v) is 6.74. The van der Waals surface area contributed by atoms with E-state index in [1.165, 1.54) is 0 Å². The first-order chi connectivity index (χ1) is 9.99. The molecular formula is C15H17BrClNO3. The van der Waals surface area contributed by atoms with Gasteiger partial charge in [0.25, 0.3) is 0 Å². The second kappa shape index (κ2) is 7.27. The molecule has 21 heavy (non-hydrogen) atoms. The lowest BCUT2D eigenvalue weighted by molar-refractivity contribution is -0.145. The molecule has 0 radical (unpaired) electrons. The summed E-state index contributed by atoms with van der Waals surface area (Å²) in [6.45, 7) is 0.909. The summed E-state index contributed by atoms with van der Waals surface area (Å²) in [7, 11) is 0. The highest BCUT2D eigenvalue weighted by Crippen LogP contribution is 2.23. The summed E-state index contributed by atoms with van der Waals surface area (Å²) < 4.78 is 0. The topological polar surface area (TPSA) is 57.6 Å². The molecule has 0 bridgehead atoms. The molecule has 0 saturated carbocycles. The monoisotopic (exact) mass is 373 g/mol. The van der Waals surface area contributed by atoms with E-state index in [0.717, 1.165) is 12.0 Å². The number of amides is 1. The van der Waals surface area contributed by atoms with Gasteiger partial charge in [-0.15, -0.1) is 0 Å². The van der Waals surface area contributed by atoms with Gasteiger partial charge in [-0.2, -0.15) is 0 Å². The summed E-state index contributed by atoms with van der Waals surface area (Å²) in [5.74, 6) is -1.35. The van der Waals surface area contributed by atoms with E-state index in [9.17, 15) is 9.59 Å². The third kappa shape index (κ3) is 4.20. The van der Waals surface area contributed by atoms with E-state index in [2.05, 4.69) is 15.9 Å². The fourth-order valence-electron chi connectivity index (χ4n) is 2.52. The van der Waals surface area contributed by atoms with Crippen LogP contribution in [0.5, 0.6) is 0 Å². The number of carbonyl (C=O) groups excluding carboxylic acids is 1. The Morgan fingerprint density at radius 3 is 2.81 bits per heavy atom. The summed E-state index contributed by atoms with van der Waals surface area (Å²) >= 11 is 9.51. The second-order valence-electron chi connectivity index (χ2n) is 5.22. The van der Waals surface area contributed by atoms with Crippen molar-refractivity contribution in [3.05, 3.63) is 34.9 Å². The zero-order valence-corrected chi connectivity index (χ0v) is 13.8. The predicted octanol–water partition coefficient (Wildman–Crippen LogP) is 2.97. The highest BCUT2D eigenvalue weighted by Gasteiger charge is 2.30. The first-order valence-corrected chi connectivity index (χ1v) is 8.17. The minimum atomic E-state index is -0.829. The molecular weight excluding hydrogens is 358 g/mol. The molecule has 6 heteroatoms. The number of nitrogens with zero attached hydrogens (tertiary/aromatic N) is 1. The molecule has 114 valence electrons. The molecule has 1 aromatic rings. The van der Waals surface area contributed by atoms with Crippen LogP contribution in [0.15, 0.2) is 24.3 Å². The number of alkyl halides is 1. The number of carbonyl (C=O) groups is 2. The van der Waals surface area contributed by atoms with Gasteiger partial charge >= 0.3 is 5.97 Å². The number of rotatable bonds is 4. The lowest BCUT2D eigenvalue weighted by Crippen LogP contribution is -2.45. The summed E-state index contributed by atoms with van der Waals surface area (Å²) in [6, 6.07) is 7.41. The summed E-state index contributed by atoms with van der Waals surface area (Å²) in [5, 5.41) is 9.72. The van der Waals surface area contributed by atoms with Gasteiger partial charge in [0.05, 0.1) is 10.7 Å². The standard InChI is InChI=1S/C15H17BrClNO3/c16-12(8-10-4-1-2-6-13(10)17)14(19)18-7-3-5-11(9-18)15(20)21/h1-2,4,6,11-12H,3,5,7-9H2,(H,20,21). The van der Waals surface area contributed by atoms with E-state index >= 15 is 0 Å². The minimum Gasteiger partial charge on any atom is -0.481 e. The summed E-state index contributed by atoms with van der Waals surface area (Å²) in [5.41, 5.74) is 0.904. The zero-order valence-electron chi connectivity index (χ0n) is 11.5. The fourth-order valence-corrected chi connectivity index (χ4v) is 3.37. The number of aliphatic carboxylic acids is 1. The van der Waals surface area contributed by atoms with Gasteiger partial charge < -0.3 is 10.0 Å². The molecule has 1 heterocycles. The van der Waals surface area contributed by atoms with E-state index < -0.39 is 11.9 Å². The van der Waals surface area contributed by atoms with Crippen LogP contribution in [-0.2, 0) is 16.0 Å². The molecule has 1 aromatic carbocycles. The van der Waals surface area contributed by atoms with Gasteiger partial charge in [-0.1, -0.05) is 45.7 Å². The Bertz CT molecular complexity index is 537. The number of carboxylic acids is 1. The van der Waals surface area contributed by atoms with Crippen LogP contribution in [0.2, 0.25) is 5.02 Å². The first-order valence-electron chi connectivity index (χ1n) is 6.88. The van der Waals surface area contributed by atoms with E-state index in [-0.39, 0.29) is 10.7 Å². The average molecular weight is 375 g/mol. The largest absolute Gasteiger partial charge is 0.481 e. The lowest BCUT2D eigenvalue weighted by Gasteiger charge is -2.32. The fraction of sp³-hybridized carbons (Fsp3) is 0.467. The minimum absolute atomic E-state index is 0.0686. The molecule has 2 unspecified atom stereocenters. The van der Waals surface area contributed by atoms with Crippen LogP contribution >= 0.6 is 27.5 Å². The third-order valence-corrected chi connectivity index (χ3v) is 4.79. The molecule has 1 aliphatic heterocycles. The zero-order chi connectivity index (χ0) is 15.4.